The molecule has 2 aromatic rings. The number of benzene rings is 1. The van der Waals surface area contributed by atoms with Crippen molar-refractivity contribution in [3.63, 3.8) is 0 Å². The predicted molar refractivity (Wildman–Crippen MR) is 102 cm³/mol. The molecule has 26 heavy (non-hydrogen) atoms. The summed E-state index contributed by atoms with van der Waals surface area (Å²) in [6.45, 7) is 10.4. The minimum Gasteiger partial charge on any atom is -0.447 e. The van der Waals surface area contributed by atoms with Crippen LogP contribution in [-0.2, 0) is 6.54 Å². The van der Waals surface area contributed by atoms with Crippen molar-refractivity contribution in [3.05, 3.63) is 47.1 Å². The summed E-state index contributed by atoms with van der Waals surface area (Å²) in [5.41, 5.74) is 0.957. The number of hydrogen-bond donors (Lipinski definition) is 1. The molecule has 1 aromatic carbocycles. The SMILES string of the molecule is CC(C)CN1CCN(Cc2nc(C(=O)Nc3ccc(Cl)cc3)co2)CC1. The standard InChI is InChI=1S/C19H25ClN4O2/c1-14(2)11-23-7-9-24(10-8-23)12-18-22-17(13-26-18)19(25)21-16-5-3-15(20)4-6-16/h3-6,13-14H,7-12H2,1-2H3,(H,21,25). The van der Waals surface area contributed by atoms with E-state index in [-0.39, 0.29) is 11.6 Å². The fourth-order valence-corrected chi connectivity index (χ4v) is 3.18. The van der Waals surface area contributed by atoms with Crippen LogP contribution in [0, 0.1) is 5.92 Å². The molecule has 1 saturated heterocycles. The van der Waals surface area contributed by atoms with Crippen LogP contribution in [0.1, 0.15) is 30.2 Å². The summed E-state index contributed by atoms with van der Waals surface area (Å²) in [4.78, 5) is 21.4. The molecule has 0 radical (unpaired) electrons. The Labute approximate surface area is 159 Å². The molecule has 6 nitrogen and oxygen atoms in total. The quantitative estimate of drug-likeness (QED) is 0.837. The minimum atomic E-state index is -0.288. The van der Waals surface area contributed by atoms with Gasteiger partial charge in [-0.15, -0.1) is 0 Å². The summed E-state index contributed by atoms with van der Waals surface area (Å²) in [5.74, 6) is 0.975. The molecule has 0 aliphatic carbocycles. The Morgan fingerprint density at radius 2 is 1.85 bits per heavy atom. The second-order valence-electron chi connectivity index (χ2n) is 7.06. The first-order chi connectivity index (χ1) is 12.5. The molecule has 0 saturated carbocycles. The van der Waals surface area contributed by atoms with E-state index in [1.807, 2.05) is 0 Å². The topological polar surface area (TPSA) is 61.6 Å². The lowest BCUT2D eigenvalue weighted by molar-refractivity contribution is 0.102. The summed E-state index contributed by atoms with van der Waals surface area (Å²) in [5, 5.41) is 3.41. The third kappa shape index (κ3) is 5.30. The number of aromatic nitrogens is 1. The average molecular weight is 377 g/mol. The molecule has 1 N–H and O–H groups in total. The fraction of sp³-hybridized carbons (Fsp3) is 0.474. The van der Waals surface area contributed by atoms with Crippen LogP contribution in [0.15, 0.2) is 34.9 Å². The number of rotatable bonds is 6. The molecule has 1 aliphatic rings. The lowest BCUT2D eigenvalue weighted by atomic mass is 10.2. The van der Waals surface area contributed by atoms with E-state index in [1.54, 1.807) is 24.3 Å². The first-order valence-electron chi connectivity index (χ1n) is 8.95. The second-order valence-corrected chi connectivity index (χ2v) is 7.49. The van der Waals surface area contributed by atoms with Gasteiger partial charge in [-0.1, -0.05) is 25.4 Å². The van der Waals surface area contributed by atoms with Crippen LogP contribution in [0.3, 0.4) is 0 Å². The number of anilines is 1. The molecule has 0 spiro atoms. The van der Waals surface area contributed by atoms with E-state index < -0.39 is 0 Å². The molecular weight excluding hydrogens is 352 g/mol. The number of carbonyl (C=O) groups excluding carboxylic acids is 1. The second kappa shape index (κ2) is 8.66. The van der Waals surface area contributed by atoms with Crippen molar-refractivity contribution >= 4 is 23.2 Å². The van der Waals surface area contributed by atoms with Crippen LogP contribution in [0.25, 0.3) is 0 Å². The van der Waals surface area contributed by atoms with Crippen molar-refractivity contribution < 1.29 is 9.21 Å². The van der Waals surface area contributed by atoms with Crippen LogP contribution in [0.2, 0.25) is 5.02 Å². The van der Waals surface area contributed by atoms with E-state index >= 15 is 0 Å². The smallest absolute Gasteiger partial charge is 0.277 e. The van der Waals surface area contributed by atoms with E-state index in [2.05, 4.69) is 33.9 Å². The molecule has 0 atom stereocenters. The summed E-state index contributed by atoms with van der Waals surface area (Å²) in [6, 6.07) is 6.95. The fourth-order valence-electron chi connectivity index (χ4n) is 3.05. The number of amides is 1. The Balaban J connectivity index is 1.50. The van der Waals surface area contributed by atoms with Crippen molar-refractivity contribution in [1.82, 2.24) is 14.8 Å². The van der Waals surface area contributed by atoms with Gasteiger partial charge in [0.25, 0.3) is 5.91 Å². The van der Waals surface area contributed by atoms with E-state index in [1.165, 1.54) is 6.26 Å². The molecule has 0 unspecified atom stereocenters. The number of piperazine rings is 1. The largest absolute Gasteiger partial charge is 0.447 e. The van der Waals surface area contributed by atoms with Crippen LogP contribution in [0.4, 0.5) is 5.69 Å². The minimum absolute atomic E-state index is 0.286. The van der Waals surface area contributed by atoms with Gasteiger partial charge in [0.2, 0.25) is 5.89 Å². The van der Waals surface area contributed by atoms with Gasteiger partial charge in [0.05, 0.1) is 6.54 Å². The van der Waals surface area contributed by atoms with Gasteiger partial charge in [-0.05, 0) is 30.2 Å². The maximum absolute atomic E-state index is 12.3. The van der Waals surface area contributed by atoms with Crippen molar-refractivity contribution in [2.45, 2.75) is 20.4 Å². The van der Waals surface area contributed by atoms with Crippen molar-refractivity contribution in [1.29, 1.82) is 0 Å². The molecule has 1 aliphatic heterocycles. The van der Waals surface area contributed by atoms with Gasteiger partial charge in [-0.25, -0.2) is 4.98 Å². The number of oxazole rings is 1. The zero-order chi connectivity index (χ0) is 18.5. The van der Waals surface area contributed by atoms with Gasteiger partial charge in [0, 0.05) is 43.4 Å². The Morgan fingerprint density at radius 1 is 1.19 bits per heavy atom. The lowest BCUT2D eigenvalue weighted by Gasteiger charge is -2.34. The highest BCUT2D eigenvalue weighted by Gasteiger charge is 2.20. The third-order valence-electron chi connectivity index (χ3n) is 4.33. The number of nitrogens with one attached hydrogen (secondary N) is 1. The van der Waals surface area contributed by atoms with E-state index in [9.17, 15) is 4.79 Å². The molecule has 1 amide bonds. The monoisotopic (exact) mass is 376 g/mol. The van der Waals surface area contributed by atoms with Crippen molar-refractivity contribution in [3.8, 4) is 0 Å². The van der Waals surface area contributed by atoms with Crippen molar-refractivity contribution in [2.24, 2.45) is 5.92 Å². The van der Waals surface area contributed by atoms with Gasteiger partial charge in [0.15, 0.2) is 5.69 Å². The summed E-state index contributed by atoms with van der Waals surface area (Å²) < 4.78 is 5.49. The highest BCUT2D eigenvalue weighted by atomic mass is 35.5. The molecule has 3 rings (SSSR count). The zero-order valence-corrected chi connectivity index (χ0v) is 16.0. The molecule has 0 bridgehead atoms. The van der Waals surface area contributed by atoms with Crippen LogP contribution in [0.5, 0.6) is 0 Å². The maximum atomic E-state index is 12.3. The third-order valence-corrected chi connectivity index (χ3v) is 4.59. The van der Waals surface area contributed by atoms with Crippen LogP contribution in [-0.4, -0.2) is 53.4 Å². The first-order valence-corrected chi connectivity index (χ1v) is 9.33. The average Bonchev–Trinajstić information content (AvgIpc) is 3.07. The summed E-state index contributed by atoms with van der Waals surface area (Å²) >= 11 is 5.85. The van der Waals surface area contributed by atoms with Gasteiger partial charge in [-0.2, -0.15) is 0 Å². The van der Waals surface area contributed by atoms with Crippen molar-refractivity contribution in [2.75, 3.05) is 38.0 Å². The Morgan fingerprint density at radius 3 is 2.50 bits per heavy atom. The van der Waals surface area contributed by atoms with Gasteiger partial charge >= 0.3 is 0 Å². The van der Waals surface area contributed by atoms with Gasteiger partial charge < -0.3 is 14.6 Å². The number of carbonyl (C=O) groups is 1. The summed E-state index contributed by atoms with van der Waals surface area (Å²) in [7, 11) is 0. The number of hydrogen-bond acceptors (Lipinski definition) is 5. The van der Waals surface area contributed by atoms with E-state index in [0.29, 0.717) is 29.1 Å². The van der Waals surface area contributed by atoms with Gasteiger partial charge in [0.1, 0.15) is 6.26 Å². The molecule has 7 heteroatoms. The number of nitrogens with zero attached hydrogens (tertiary/aromatic N) is 3. The maximum Gasteiger partial charge on any atom is 0.277 e. The molecule has 1 aromatic heterocycles. The Kier molecular flexibility index (Phi) is 6.29. The molecule has 1 fully saturated rings. The van der Waals surface area contributed by atoms with Gasteiger partial charge in [-0.3, -0.25) is 9.69 Å². The van der Waals surface area contributed by atoms with E-state index in [4.69, 9.17) is 16.0 Å². The lowest BCUT2D eigenvalue weighted by Crippen LogP contribution is -2.46. The Hall–Kier alpha value is -1.89. The molecular formula is C19H25ClN4O2. The van der Waals surface area contributed by atoms with E-state index in [0.717, 1.165) is 32.7 Å². The molecule has 2 heterocycles. The zero-order valence-electron chi connectivity index (χ0n) is 15.2. The molecule has 140 valence electrons. The Bertz CT molecular complexity index is 721. The normalized spacial score (nSPS) is 16.2. The van der Waals surface area contributed by atoms with Crippen LogP contribution >= 0.6 is 11.6 Å². The first kappa shape index (κ1) is 18.9. The highest BCUT2D eigenvalue weighted by Crippen LogP contribution is 2.15. The highest BCUT2D eigenvalue weighted by molar-refractivity contribution is 6.30. The van der Waals surface area contributed by atoms with Crippen LogP contribution < -0.4 is 5.32 Å². The summed E-state index contributed by atoms with van der Waals surface area (Å²) in [6.07, 6.45) is 1.41. The predicted octanol–water partition coefficient (Wildman–Crippen LogP) is 3.35. The number of halogens is 1.